The van der Waals surface area contributed by atoms with E-state index in [0.717, 1.165) is 18.5 Å². The second-order valence-corrected chi connectivity index (χ2v) is 7.14. The van der Waals surface area contributed by atoms with Gasteiger partial charge >= 0.3 is 0 Å². The maximum Gasteiger partial charge on any atom is 0.274 e. The molecule has 7 heteroatoms. The van der Waals surface area contributed by atoms with Crippen molar-refractivity contribution in [2.24, 2.45) is 0 Å². The Hall–Kier alpha value is -2.96. The normalized spacial score (nSPS) is 20.2. The molecule has 4 rings (SSSR count). The fourth-order valence-electron chi connectivity index (χ4n) is 3.56. The Morgan fingerprint density at radius 2 is 2.07 bits per heavy atom. The number of aromatic nitrogens is 2. The monoisotopic (exact) mass is 368 g/mol. The molecule has 1 amide bonds. The van der Waals surface area contributed by atoms with Crippen LogP contribution in [0.15, 0.2) is 34.7 Å². The number of likely N-dealkylation sites (tertiary alicyclic amines) is 1. The lowest BCUT2D eigenvalue weighted by Gasteiger charge is -2.36. The van der Waals surface area contributed by atoms with Crippen LogP contribution in [0.25, 0.3) is 11.1 Å². The smallest absolute Gasteiger partial charge is 0.274 e. The van der Waals surface area contributed by atoms with E-state index < -0.39 is 0 Å². The van der Waals surface area contributed by atoms with Gasteiger partial charge in [-0.2, -0.15) is 0 Å². The number of benzene rings is 1. The van der Waals surface area contributed by atoms with Crippen molar-refractivity contribution in [3.63, 3.8) is 0 Å². The van der Waals surface area contributed by atoms with E-state index in [1.807, 2.05) is 13.8 Å². The minimum absolute atomic E-state index is 0.0494. The van der Waals surface area contributed by atoms with Gasteiger partial charge in [0, 0.05) is 24.3 Å². The fourth-order valence-corrected chi connectivity index (χ4v) is 3.56. The third kappa shape index (κ3) is 3.25. The number of hydrogen-bond acceptors (Lipinski definition) is 5. The van der Waals surface area contributed by atoms with Crippen molar-refractivity contribution < 1.29 is 13.6 Å². The average molecular weight is 368 g/mol. The Balaban J connectivity index is 1.62. The number of rotatable bonds is 2. The van der Waals surface area contributed by atoms with E-state index in [4.69, 9.17) is 10.2 Å². The Kier molecular flexibility index (Phi) is 4.30. The summed E-state index contributed by atoms with van der Waals surface area (Å²) >= 11 is 0. The minimum atomic E-state index is -0.361. The molecule has 0 radical (unpaired) electrons. The maximum absolute atomic E-state index is 13.4. The number of hydrogen-bond donors (Lipinski definition) is 1. The second-order valence-electron chi connectivity index (χ2n) is 7.14. The molecule has 1 aliphatic heterocycles. The van der Waals surface area contributed by atoms with Crippen LogP contribution in [0.4, 0.5) is 10.1 Å². The number of piperidine rings is 1. The summed E-state index contributed by atoms with van der Waals surface area (Å²) in [4.78, 5) is 23.7. The highest BCUT2D eigenvalue weighted by Gasteiger charge is 2.34. The zero-order chi connectivity index (χ0) is 19.1. The molecule has 3 aromatic rings. The summed E-state index contributed by atoms with van der Waals surface area (Å²) in [6.07, 6.45) is 1.66. The highest BCUT2D eigenvalue weighted by atomic mass is 19.1. The lowest BCUT2D eigenvalue weighted by Crippen LogP contribution is -2.45. The zero-order valence-corrected chi connectivity index (χ0v) is 15.3. The second kappa shape index (κ2) is 6.64. The van der Waals surface area contributed by atoms with Gasteiger partial charge in [0.1, 0.15) is 11.3 Å². The highest BCUT2D eigenvalue weighted by Crippen LogP contribution is 2.32. The van der Waals surface area contributed by atoms with E-state index in [0.29, 0.717) is 29.2 Å². The number of pyridine rings is 1. The van der Waals surface area contributed by atoms with E-state index in [9.17, 15) is 9.18 Å². The van der Waals surface area contributed by atoms with Crippen molar-refractivity contribution in [2.45, 2.75) is 38.6 Å². The summed E-state index contributed by atoms with van der Waals surface area (Å²) in [5.41, 5.74) is 8.41. The first-order chi connectivity index (χ1) is 12.9. The van der Waals surface area contributed by atoms with Gasteiger partial charge in [0.05, 0.1) is 11.6 Å². The van der Waals surface area contributed by atoms with Crippen LogP contribution < -0.4 is 5.73 Å². The van der Waals surface area contributed by atoms with Gasteiger partial charge in [0.15, 0.2) is 17.2 Å². The van der Waals surface area contributed by atoms with Crippen molar-refractivity contribution in [3.8, 4) is 0 Å². The molecule has 2 atom stereocenters. The third-order valence-corrected chi connectivity index (χ3v) is 5.13. The maximum atomic E-state index is 13.4. The van der Waals surface area contributed by atoms with Crippen LogP contribution in [0.2, 0.25) is 0 Å². The quantitative estimate of drug-likeness (QED) is 0.746. The summed E-state index contributed by atoms with van der Waals surface area (Å²) in [5, 5.41) is 0. The van der Waals surface area contributed by atoms with Crippen LogP contribution in [0.5, 0.6) is 0 Å². The number of nitrogens with two attached hydrogens (primary N) is 1. The zero-order valence-electron chi connectivity index (χ0n) is 15.3. The van der Waals surface area contributed by atoms with Crippen LogP contribution in [-0.4, -0.2) is 33.4 Å². The summed E-state index contributed by atoms with van der Waals surface area (Å²) in [6.45, 7) is 4.31. The van der Waals surface area contributed by atoms with Crippen molar-refractivity contribution in [3.05, 3.63) is 53.4 Å². The van der Waals surface area contributed by atoms with Crippen molar-refractivity contribution in [2.75, 3.05) is 12.3 Å². The highest BCUT2D eigenvalue weighted by molar-refractivity contribution is 5.97. The van der Waals surface area contributed by atoms with Crippen molar-refractivity contribution in [1.29, 1.82) is 0 Å². The first-order valence-electron chi connectivity index (χ1n) is 9.02. The van der Waals surface area contributed by atoms with Crippen molar-refractivity contribution >= 4 is 22.7 Å². The number of nitrogen functional groups attached to an aromatic ring is 1. The van der Waals surface area contributed by atoms with Gasteiger partial charge < -0.3 is 15.1 Å². The SMILES string of the molecule is Cc1ccc(N)c(C(=O)N2CC(c3nc4ccc(F)cc4o3)CC[C@H]2C)n1. The minimum Gasteiger partial charge on any atom is -0.440 e. The van der Waals surface area contributed by atoms with Gasteiger partial charge in [-0.1, -0.05) is 0 Å². The van der Waals surface area contributed by atoms with E-state index >= 15 is 0 Å². The summed E-state index contributed by atoms with van der Waals surface area (Å²) in [5.74, 6) is -0.0621. The summed E-state index contributed by atoms with van der Waals surface area (Å²) < 4.78 is 19.2. The number of amides is 1. The topological polar surface area (TPSA) is 85.3 Å². The lowest BCUT2D eigenvalue weighted by molar-refractivity contribution is 0.0593. The number of anilines is 1. The number of halogens is 1. The largest absolute Gasteiger partial charge is 0.440 e. The van der Waals surface area contributed by atoms with Gasteiger partial charge in [-0.3, -0.25) is 4.79 Å². The molecule has 27 heavy (non-hydrogen) atoms. The number of fused-ring (bicyclic) bond motifs is 1. The van der Waals surface area contributed by atoms with Crippen LogP contribution >= 0.6 is 0 Å². The van der Waals surface area contributed by atoms with Gasteiger partial charge in [-0.15, -0.1) is 0 Å². The van der Waals surface area contributed by atoms with Gasteiger partial charge in [-0.05, 0) is 51.0 Å². The Morgan fingerprint density at radius 1 is 1.26 bits per heavy atom. The van der Waals surface area contributed by atoms with E-state index in [-0.39, 0.29) is 29.4 Å². The molecule has 1 fully saturated rings. The van der Waals surface area contributed by atoms with Gasteiger partial charge in [-0.25, -0.2) is 14.4 Å². The number of oxazole rings is 1. The molecule has 1 saturated heterocycles. The van der Waals surface area contributed by atoms with Crippen LogP contribution in [-0.2, 0) is 0 Å². The Bertz CT molecular complexity index is 1020. The van der Waals surface area contributed by atoms with E-state index in [2.05, 4.69) is 9.97 Å². The molecule has 3 heterocycles. The molecule has 0 saturated carbocycles. The third-order valence-electron chi connectivity index (χ3n) is 5.13. The first-order valence-corrected chi connectivity index (χ1v) is 9.02. The predicted octanol–water partition coefficient (Wildman–Crippen LogP) is 3.66. The number of carbonyl (C=O) groups is 1. The van der Waals surface area contributed by atoms with Gasteiger partial charge in [0.25, 0.3) is 5.91 Å². The molecule has 2 aromatic heterocycles. The number of aryl methyl sites for hydroxylation is 1. The predicted molar refractivity (Wildman–Crippen MR) is 99.8 cm³/mol. The van der Waals surface area contributed by atoms with Crippen LogP contribution in [0.3, 0.4) is 0 Å². The molecule has 1 unspecified atom stereocenters. The molecule has 0 aliphatic carbocycles. The number of carbonyl (C=O) groups excluding carboxylic acids is 1. The van der Waals surface area contributed by atoms with Crippen molar-refractivity contribution in [1.82, 2.24) is 14.9 Å². The van der Waals surface area contributed by atoms with E-state index in [1.165, 1.54) is 12.1 Å². The molecule has 2 N–H and O–H groups in total. The fraction of sp³-hybridized carbons (Fsp3) is 0.350. The lowest BCUT2D eigenvalue weighted by atomic mass is 9.93. The number of nitrogens with zero attached hydrogens (tertiary/aromatic N) is 3. The Morgan fingerprint density at radius 3 is 2.89 bits per heavy atom. The molecule has 0 bridgehead atoms. The molecule has 1 aromatic carbocycles. The van der Waals surface area contributed by atoms with Crippen LogP contribution in [0.1, 0.15) is 47.8 Å². The molecular weight excluding hydrogens is 347 g/mol. The summed E-state index contributed by atoms with van der Waals surface area (Å²) in [7, 11) is 0. The molecular formula is C20H21FN4O2. The van der Waals surface area contributed by atoms with Gasteiger partial charge in [0.2, 0.25) is 0 Å². The van der Waals surface area contributed by atoms with E-state index in [1.54, 1.807) is 23.1 Å². The molecule has 0 spiro atoms. The standard InChI is InChI=1S/C20H21FN4O2/c1-11-3-7-15(22)18(23-11)20(26)25-10-13(5-4-12(25)2)19-24-16-8-6-14(21)9-17(16)27-19/h3,6-9,12-13H,4-5,10,22H2,1-2H3/t12-,13?/m1/s1. The molecule has 140 valence electrons. The Labute approximate surface area is 156 Å². The molecule has 6 nitrogen and oxygen atoms in total. The summed E-state index contributed by atoms with van der Waals surface area (Å²) in [6, 6.07) is 7.85. The first kappa shape index (κ1) is 17.5. The average Bonchev–Trinajstić information content (AvgIpc) is 3.06. The van der Waals surface area contributed by atoms with Crippen LogP contribution in [0, 0.1) is 12.7 Å². The molecule has 1 aliphatic rings.